The van der Waals surface area contributed by atoms with Crippen LogP contribution in [-0.2, 0) is 75.8 Å². The molecule has 0 unspecified atom stereocenters. The van der Waals surface area contributed by atoms with Crippen LogP contribution in [0.3, 0.4) is 0 Å². The van der Waals surface area contributed by atoms with E-state index in [0.717, 1.165) is 0 Å². The SMILES string of the molecule is N#CC(C#N)=C1/C(=N/c2cc3c(s2)-c2cc4c(cc2C(C(=O)OCc2ccccc2)(C(=O)OCc2ccccc2)O3)-c2sc(/N=C3\C(=O)c5cc(F)c(F)cc5C3=C(C#N)C#N)cc2OC4(C(=O)OCc2ccccc2)C(=O)OCc2ccccc2)C(=O)c2cc(F)c(F)cc21. The first-order chi connectivity index (χ1) is 46.5. The van der Waals surface area contributed by atoms with Crippen LogP contribution in [0.2, 0.25) is 0 Å². The summed E-state index contributed by atoms with van der Waals surface area (Å²) >= 11 is 1.39. The Labute approximate surface area is 547 Å². The van der Waals surface area contributed by atoms with Gasteiger partial charge in [0.1, 0.15) is 94.8 Å². The van der Waals surface area contributed by atoms with Crippen LogP contribution >= 0.6 is 22.7 Å². The number of thiophene rings is 2. The molecule has 466 valence electrons. The zero-order valence-electron chi connectivity index (χ0n) is 48.9. The number of carbonyl (C=O) groups is 6. The first-order valence-corrected chi connectivity index (χ1v) is 30.2. The number of aliphatic imine (C=N–C) groups is 2. The number of hydrogen-bond donors (Lipinski definition) is 0. The van der Waals surface area contributed by atoms with Gasteiger partial charge in [-0.05, 0) is 58.7 Å². The molecular weight excluding hydrogens is 1280 g/mol. The second kappa shape index (κ2) is 25.0. The first-order valence-electron chi connectivity index (χ1n) is 28.5. The molecule has 2 aliphatic heterocycles. The zero-order valence-corrected chi connectivity index (χ0v) is 50.5. The summed E-state index contributed by atoms with van der Waals surface area (Å²) in [5.74, 6) is -14.1. The number of hydrogen-bond acceptors (Lipinski definition) is 20. The Bertz CT molecular complexity index is 4730. The minimum atomic E-state index is -3.10. The number of Topliss-reactive ketones (excluding diaryl/α,β-unsaturated/α-hetero) is 2. The number of fused-ring (bicyclic) bond motifs is 8. The molecule has 4 aliphatic rings. The highest BCUT2D eigenvalue weighted by atomic mass is 32.1. The van der Waals surface area contributed by atoms with E-state index in [9.17, 15) is 39.4 Å². The molecule has 0 saturated heterocycles. The number of halogens is 4. The van der Waals surface area contributed by atoms with Gasteiger partial charge in [-0.3, -0.25) is 9.59 Å². The number of ether oxygens (including phenoxy) is 6. The van der Waals surface area contributed by atoms with Gasteiger partial charge in [0, 0.05) is 67.8 Å². The van der Waals surface area contributed by atoms with Gasteiger partial charge in [-0.25, -0.2) is 46.7 Å². The second-order valence-corrected chi connectivity index (χ2v) is 23.5. The summed E-state index contributed by atoms with van der Waals surface area (Å²) < 4.78 is 97.5. The van der Waals surface area contributed by atoms with Crippen molar-refractivity contribution in [3.8, 4) is 56.7 Å². The van der Waals surface area contributed by atoms with E-state index < -0.39 is 152 Å². The lowest BCUT2D eigenvalue weighted by molar-refractivity contribution is -0.185. The molecule has 96 heavy (non-hydrogen) atoms. The molecule has 0 atom stereocenters. The average molecular weight is 1320 g/mol. The largest absolute Gasteiger partial charge is 0.458 e. The summed E-state index contributed by atoms with van der Waals surface area (Å²) in [6.45, 7) is -1.95. The Kier molecular flexibility index (Phi) is 16.2. The Morgan fingerprint density at radius 1 is 0.406 bits per heavy atom. The molecule has 13 rings (SSSR count). The van der Waals surface area contributed by atoms with Crippen molar-refractivity contribution in [1.82, 2.24) is 0 Å². The number of esters is 4. The molecule has 7 aromatic carbocycles. The number of carbonyl (C=O) groups excluding carboxylic acids is 6. The molecule has 24 heteroatoms. The van der Waals surface area contributed by atoms with Crippen molar-refractivity contribution >= 4 is 90.7 Å². The van der Waals surface area contributed by atoms with Gasteiger partial charge in [-0.1, -0.05) is 121 Å². The maximum Gasteiger partial charge on any atom is 0.367 e. The zero-order chi connectivity index (χ0) is 67.2. The molecule has 0 spiro atoms. The number of ketones is 2. The summed E-state index contributed by atoms with van der Waals surface area (Å²) in [4.78, 5) is 101. The van der Waals surface area contributed by atoms with E-state index in [-0.39, 0.29) is 53.5 Å². The maximum atomic E-state index is 15.7. The highest BCUT2D eigenvalue weighted by molar-refractivity contribution is 7.20. The van der Waals surface area contributed by atoms with Gasteiger partial charge >= 0.3 is 35.1 Å². The van der Waals surface area contributed by atoms with Crippen LogP contribution in [0.1, 0.15) is 65.2 Å². The normalized spacial score (nSPS) is 14.7. The van der Waals surface area contributed by atoms with Crippen molar-refractivity contribution in [2.75, 3.05) is 0 Å². The predicted octanol–water partition coefficient (Wildman–Crippen LogP) is 13.4. The molecule has 0 saturated carbocycles. The van der Waals surface area contributed by atoms with Crippen molar-refractivity contribution in [2.45, 2.75) is 37.6 Å². The topological polar surface area (TPSA) is 278 Å². The smallest absolute Gasteiger partial charge is 0.367 e. The van der Waals surface area contributed by atoms with Gasteiger partial charge in [-0.2, -0.15) is 21.0 Å². The van der Waals surface area contributed by atoms with Crippen LogP contribution in [0.15, 0.2) is 191 Å². The Morgan fingerprint density at radius 2 is 0.688 bits per heavy atom. The summed E-state index contributed by atoms with van der Waals surface area (Å²) in [6, 6.07) is 47.1. The molecule has 0 N–H and O–H groups in total. The van der Waals surface area contributed by atoms with Crippen LogP contribution < -0.4 is 9.47 Å². The Hall–Kier alpha value is -12.7. The fourth-order valence-corrected chi connectivity index (χ4v) is 13.2. The Morgan fingerprint density at radius 3 is 0.969 bits per heavy atom. The molecular formula is C72H36F4N6O12S2. The third-order valence-electron chi connectivity index (χ3n) is 15.7. The molecule has 2 aromatic heterocycles. The summed E-state index contributed by atoms with van der Waals surface area (Å²) in [7, 11) is 0. The lowest BCUT2D eigenvalue weighted by Gasteiger charge is -2.39. The van der Waals surface area contributed by atoms with Gasteiger partial charge in [0.25, 0.3) is 0 Å². The maximum absolute atomic E-state index is 15.7. The van der Waals surface area contributed by atoms with E-state index in [1.165, 1.54) is 24.3 Å². The monoisotopic (exact) mass is 1320 g/mol. The van der Waals surface area contributed by atoms with E-state index in [0.29, 0.717) is 69.2 Å². The quantitative estimate of drug-likeness (QED) is 0.0321. The van der Waals surface area contributed by atoms with Crippen LogP contribution in [0, 0.1) is 68.6 Å². The molecule has 0 fully saturated rings. The number of allylic oxidation sites excluding steroid dienone is 4. The highest BCUT2D eigenvalue weighted by Gasteiger charge is 2.62. The van der Waals surface area contributed by atoms with Crippen molar-refractivity contribution < 1.29 is 74.8 Å². The van der Waals surface area contributed by atoms with Crippen LogP contribution in [-0.4, -0.2) is 46.9 Å². The third-order valence-corrected chi connectivity index (χ3v) is 17.8. The van der Waals surface area contributed by atoms with E-state index >= 15 is 28.0 Å². The fourth-order valence-electron chi connectivity index (χ4n) is 11.3. The van der Waals surface area contributed by atoms with Crippen molar-refractivity contribution in [2.24, 2.45) is 9.98 Å². The first kappa shape index (κ1) is 62.1. The molecule has 4 heterocycles. The van der Waals surface area contributed by atoms with Gasteiger partial charge < -0.3 is 28.4 Å². The number of rotatable bonds is 14. The standard InChI is InChI=1S/C72H36F4N6O12S2/c73-51-23-43-45(25-53(51)75)63(83)61(59(43)41(29-77)30-78)81-57-27-55-65(95-57)47-22-50-48(21-49(47)71(93-55,67(85)89-33-37-13-5-1-6-14-37)68(86)90-34-38-15-7-2-8-16-38)66-56(28-58(96-66)82-62-60(42(31-79)32-80)44-24-52(74)54(76)26-46(44)64(62)84)94-72(50,69(87)91-35-39-17-9-3-10-18-39)70(88)92-36-40-19-11-4-12-20-40/h1-28H,33-36H2/b81-61-,82-62-. The highest BCUT2D eigenvalue weighted by Crippen LogP contribution is 2.59. The molecule has 0 amide bonds. The summed E-state index contributed by atoms with van der Waals surface area (Å²) in [5.41, 5.74) is -10.8. The second-order valence-electron chi connectivity index (χ2n) is 21.5. The van der Waals surface area contributed by atoms with E-state index in [1.807, 2.05) is 0 Å². The van der Waals surface area contributed by atoms with Crippen LogP contribution in [0.5, 0.6) is 11.5 Å². The lowest BCUT2D eigenvalue weighted by Crippen LogP contribution is -2.54. The molecule has 0 bridgehead atoms. The summed E-state index contributed by atoms with van der Waals surface area (Å²) in [6.07, 6.45) is 0. The minimum Gasteiger partial charge on any atom is -0.458 e. The van der Waals surface area contributed by atoms with Crippen molar-refractivity contribution in [3.63, 3.8) is 0 Å². The molecule has 0 radical (unpaired) electrons. The third kappa shape index (κ3) is 10.7. The fraction of sp³-hybridized carbons (Fsp3) is 0.0833. The van der Waals surface area contributed by atoms with Crippen LogP contribution in [0.4, 0.5) is 27.6 Å². The van der Waals surface area contributed by atoms with Crippen molar-refractivity contribution in [1.29, 1.82) is 21.0 Å². The summed E-state index contributed by atoms with van der Waals surface area (Å²) in [5, 5.41) is 40.2. The van der Waals surface area contributed by atoms with Gasteiger partial charge in [-0.15, -0.1) is 22.7 Å². The van der Waals surface area contributed by atoms with Gasteiger partial charge in [0.15, 0.2) is 23.3 Å². The van der Waals surface area contributed by atoms with E-state index in [1.54, 1.807) is 146 Å². The number of nitriles is 4. The molecule has 18 nitrogen and oxygen atoms in total. The number of benzene rings is 7. The molecule has 2 aliphatic carbocycles. The van der Waals surface area contributed by atoms with Crippen LogP contribution in [0.25, 0.3) is 32.0 Å². The number of nitrogens with zero attached hydrogens (tertiary/aromatic N) is 6. The van der Waals surface area contributed by atoms with Crippen molar-refractivity contribution in [3.05, 3.63) is 260 Å². The Balaban J connectivity index is 1.09. The van der Waals surface area contributed by atoms with E-state index in [4.69, 9.17) is 28.4 Å². The minimum absolute atomic E-state index is 0.0635. The predicted molar refractivity (Wildman–Crippen MR) is 334 cm³/mol. The molecule has 9 aromatic rings. The van der Waals surface area contributed by atoms with E-state index in [2.05, 4.69) is 9.98 Å². The van der Waals surface area contributed by atoms with Gasteiger partial charge in [0.2, 0.25) is 11.6 Å². The average Bonchev–Trinajstić information content (AvgIpc) is 1.12. The lowest BCUT2D eigenvalue weighted by atomic mass is 9.78. The van der Waals surface area contributed by atoms with Gasteiger partial charge in [0.05, 0.1) is 9.75 Å².